The Hall–Kier alpha value is -3.11. The number of carbonyl (C=O) groups is 2. The van der Waals surface area contributed by atoms with Crippen molar-refractivity contribution in [2.24, 2.45) is 0 Å². The van der Waals surface area contributed by atoms with Gasteiger partial charge in [-0.3, -0.25) is 20.4 Å². The van der Waals surface area contributed by atoms with Crippen LogP contribution in [0.15, 0.2) is 47.4 Å². The zero-order valence-electron chi connectivity index (χ0n) is 16.3. The smallest absolute Gasteiger partial charge is 0.273 e. The molecule has 29 heavy (non-hydrogen) atoms. The lowest BCUT2D eigenvalue weighted by Gasteiger charge is -2.19. The average molecular weight is 421 g/mol. The number of hydrogen-bond donors (Lipinski definition) is 3. The molecule has 2 amide bonds. The van der Waals surface area contributed by atoms with Crippen LogP contribution in [0.25, 0.3) is 0 Å². The number of sulfonamides is 1. The van der Waals surface area contributed by atoms with E-state index in [4.69, 9.17) is 4.74 Å². The van der Waals surface area contributed by atoms with E-state index in [9.17, 15) is 23.1 Å². The number of hydrogen-bond acceptors (Lipinski definition) is 6. The zero-order chi connectivity index (χ0) is 21.6. The second-order valence-electron chi connectivity index (χ2n) is 5.88. The number of phenols is 1. The number of nitrogens with zero attached hydrogens (tertiary/aromatic N) is 1. The lowest BCUT2D eigenvalue weighted by Crippen LogP contribution is -2.41. The molecule has 0 aliphatic rings. The quantitative estimate of drug-likeness (QED) is 0.582. The first-order valence-corrected chi connectivity index (χ1v) is 10.3. The minimum Gasteiger partial charge on any atom is -0.507 e. The molecule has 0 aliphatic carbocycles. The van der Waals surface area contributed by atoms with E-state index in [1.165, 1.54) is 41.7 Å². The van der Waals surface area contributed by atoms with Crippen molar-refractivity contribution in [1.82, 2.24) is 15.2 Å². The Balaban J connectivity index is 2.27. The Morgan fingerprint density at radius 2 is 1.59 bits per heavy atom. The molecule has 0 atom stereocenters. The molecule has 2 aromatic rings. The third-order valence-electron chi connectivity index (χ3n) is 4.20. The molecule has 9 nitrogen and oxygen atoms in total. The van der Waals surface area contributed by atoms with Crippen molar-refractivity contribution in [3.8, 4) is 11.5 Å². The van der Waals surface area contributed by atoms with Crippen molar-refractivity contribution in [1.29, 1.82) is 0 Å². The first-order chi connectivity index (χ1) is 13.8. The van der Waals surface area contributed by atoms with Gasteiger partial charge in [-0.2, -0.15) is 4.31 Å². The highest BCUT2D eigenvalue weighted by molar-refractivity contribution is 7.89. The van der Waals surface area contributed by atoms with E-state index in [1.807, 2.05) is 0 Å². The summed E-state index contributed by atoms with van der Waals surface area (Å²) in [6, 6.07) is 9.74. The molecule has 0 aliphatic heterocycles. The van der Waals surface area contributed by atoms with Gasteiger partial charge >= 0.3 is 0 Å². The van der Waals surface area contributed by atoms with Gasteiger partial charge in [0.25, 0.3) is 11.8 Å². The molecular weight excluding hydrogens is 398 g/mol. The molecule has 0 bridgehead atoms. The molecule has 10 heteroatoms. The predicted octanol–water partition coefficient (Wildman–Crippen LogP) is 1.51. The minimum absolute atomic E-state index is 0.0300. The second kappa shape index (κ2) is 9.39. The molecule has 2 rings (SSSR count). The fourth-order valence-corrected chi connectivity index (χ4v) is 4.14. The summed E-state index contributed by atoms with van der Waals surface area (Å²) in [4.78, 5) is 24.6. The van der Waals surface area contributed by atoms with Gasteiger partial charge < -0.3 is 9.84 Å². The SMILES string of the molecule is CCN(CC)S(=O)(=O)c1ccc(OC)c(C(=O)NNC(=O)c2ccccc2O)c1. The van der Waals surface area contributed by atoms with Crippen LogP contribution in [-0.2, 0) is 10.0 Å². The van der Waals surface area contributed by atoms with Gasteiger partial charge in [-0.05, 0) is 30.3 Å². The number of rotatable bonds is 7. The maximum Gasteiger partial charge on any atom is 0.273 e. The maximum absolute atomic E-state index is 12.7. The summed E-state index contributed by atoms with van der Waals surface area (Å²) in [6.45, 7) is 3.99. The first kappa shape index (κ1) is 22.2. The number of hydrazine groups is 1. The summed E-state index contributed by atoms with van der Waals surface area (Å²) in [5.74, 6) is -1.62. The highest BCUT2D eigenvalue weighted by Gasteiger charge is 2.24. The van der Waals surface area contributed by atoms with E-state index >= 15 is 0 Å². The van der Waals surface area contributed by atoms with Gasteiger partial charge in [0.05, 0.1) is 23.1 Å². The standard InChI is InChI=1S/C19H23N3O6S/c1-4-22(5-2)29(26,27)13-10-11-17(28-3)15(12-13)19(25)21-20-18(24)14-8-6-7-9-16(14)23/h6-12,23H,4-5H2,1-3H3,(H,20,24)(H,21,25). The first-order valence-electron chi connectivity index (χ1n) is 8.83. The topological polar surface area (TPSA) is 125 Å². The molecule has 0 aromatic heterocycles. The Bertz CT molecular complexity index is 1000. The van der Waals surface area contributed by atoms with Crippen LogP contribution in [0.3, 0.4) is 0 Å². The van der Waals surface area contributed by atoms with E-state index in [2.05, 4.69) is 10.9 Å². The van der Waals surface area contributed by atoms with Gasteiger partial charge in [-0.1, -0.05) is 26.0 Å². The van der Waals surface area contributed by atoms with Crippen LogP contribution < -0.4 is 15.6 Å². The van der Waals surface area contributed by atoms with Gasteiger partial charge in [0.1, 0.15) is 11.5 Å². The summed E-state index contributed by atoms with van der Waals surface area (Å²) in [7, 11) is -2.45. The van der Waals surface area contributed by atoms with E-state index in [1.54, 1.807) is 26.0 Å². The molecule has 0 unspecified atom stereocenters. The van der Waals surface area contributed by atoms with Crippen LogP contribution in [0.1, 0.15) is 34.6 Å². The Labute approximate surface area is 169 Å². The van der Waals surface area contributed by atoms with Crippen LogP contribution in [-0.4, -0.2) is 49.8 Å². The third-order valence-corrected chi connectivity index (χ3v) is 6.24. The van der Waals surface area contributed by atoms with E-state index in [-0.39, 0.29) is 40.6 Å². The molecule has 156 valence electrons. The maximum atomic E-state index is 12.7. The van der Waals surface area contributed by atoms with E-state index < -0.39 is 21.8 Å². The number of aromatic hydroxyl groups is 1. The van der Waals surface area contributed by atoms with Gasteiger partial charge in [0.15, 0.2) is 0 Å². The number of methoxy groups -OCH3 is 1. The van der Waals surface area contributed by atoms with E-state index in [0.717, 1.165) is 0 Å². The minimum atomic E-state index is -3.78. The van der Waals surface area contributed by atoms with Gasteiger partial charge in [-0.15, -0.1) is 0 Å². The molecule has 0 radical (unpaired) electrons. The van der Waals surface area contributed by atoms with Crippen molar-refractivity contribution in [2.75, 3.05) is 20.2 Å². The fraction of sp³-hybridized carbons (Fsp3) is 0.263. The number of phenolic OH excluding ortho intramolecular Hbond substituents is 1. The lowest BCUT2D eigenvalue weighted by atomic mass is 10.2. The number of carbonyl (C=O) groups excluding carboxylic acids is 2. The zero-order valence-corrected chi connectivity index (χ0v) is 17.1. The van der Waals surface area contributed by atoms with Crippen molar-refractivity contribution >= 4 is 21.8 Å². The molecule has 3 N–H and O–H groups in total. The molecule has 0 heterocycles. The highest BCUT2D eigenvalue weighted by Crippen LogP contribution is 2.24. The van der Waals surface area contributed by atoms with Gasteiger partial charge in [0.2, 0.25) is 10.0 Å². The van der Waals surface area contributed by atoms with Gasteiger partial charge in [-0.25, -0.2) is 8.42 Å². The van der Waals surface area contributed by atoms with Crippen LogP contribution in [0, 0.1) is 0 Å². The monoisotopic (exact) mass is 421 g/mol. The van der Waals surface area contributed by atoms with E-state index in [0.29, 0.717) is 0 Å². The van der Waals surface area contributed by atoms with Crippen LogP contribution in [0.2, 0.25) is 0 Å². The average Bonchev–Trinajstić information content (AvgIpc) is 2.72. The number of amides is 2. The molecule has 2 aromatic carbocycles. The molecular formula is C19H23N3O6S. The van der Waals surface area contributed by atoms with Crippen molar-refractivity contribution in [3.05, 3.63) is 53.6 Å². The second-order valence-corrected chi connectivity index (χ2v) is 7.81. The van der Waals surface area contributed by atoms with Crippen molar-refractivity contribution in [3.63, 3.8) is 0 Å². The summed E-state index contributed by atoms with van der Waals surface area (Å²) in [5.41, 5.74) is 4.27. The summed E-state index contributed by atoms with van der Waals surface area (Å²) < 4.78 is 31.8. The molecule has 0 saturated heterocycles. The summed E-state index contributed by atoms with van der Waals surface area (Å²) in [5, 5.41) is 9.71. The number of nitrogens with one attached hydrogen (secondary N) is 2. The third kappa shape index (κ3) is 4.84. The Morgan fingerprint density at radius 1 is 1.00 bits per heavy atom. The van der Waals surface area contributed by atoms with Crippen LogP contribution >= 0.6 is 0 Å². The highest BCUT2D eigenvalue weighted by atomic mass is 32.2. The van der Waals surface area contributed by atoms with Crippen LogP contribution in [0.4, 0.5) is 0 Å². The Kier molecular flexibility index (Phi) is 7.18. The van der Waals surface area contributed by atoms with Gasteiger partial charge in [0, 0.05) is 13.1 Å². The number of benzene rings is 2. The summed E-state index contributed by atoms with van der Waals surface area (Å²) >= 11 is 0. The molecule has 0 saturated carbocycles. The number of ether oxygens (including phenoxy) is 1. The molecule has 0 spiro atoms. The van der Waals surface area contributed by atoms with Crippen molar-refractivity contribution < 1.29 is 27.9 Å². The normalized spacial score (nSPS) is 11.2. The predicted molar refractivity (Wildman–Crippen MR) is 106 cm³/mol. The fourth-order valence-electron chi connectivity index (χ4n) is 2.65. The van der Waals surface area contributed by atoms with Crippen molar-refractivity contribution in [2.45, 2.75) is 18.7 Å². The lowest BCUT2D eigenvalue weighted by molar-refractivity contribution is 0.0843. The van der Waals surface area contributed by atoms with Crippen LogP contribution in [0.5, 0.6) is 11.5 Å². The summed E-state index contributed by atoms with van der Waals surface area (Å²) in [6.07, 6.45) is 0. The largest absolute Gasteiger partial charge is 0.507 e. The number of para-hydroxylation sites is 1. The Morgan fingerprint density at radius 3 is 2.14 bits per heavy atom. The molecule has 0 fully saturated rings.